The standard InChI is InChI=1S/C14H18F2N2O3/c1-2-21-13(19)12(16)4-3-9-17-14(20)18-11-7-5-10(15)6-8-11/h5-8,12H,2-4,9H2,1H3,(H2,17,18,20). The SMILES string of the molecule is CCOC(=O)C(F)CCCNC(=O)Nc1ccc(F)cc1. The zero-order valence-corrected chi connectivity index (χ0v) is 11.7. The van der Waals surface area contributed by atoms with Crippen LogP contribution >= 0.6 is 0 Å². The van der Waals surface area contributed by atoms with Crippen LogP contribution in [0.2, 0.25) is 0 Å². The lowest BCUT2D eigenvalue weighted by molar-refractivity contribution is -0.149. The Morgan fingerprint density at radius 2 is 1.95 bits per heavy atom. The zero-order chi connectivity index (χ0) is 15.7. The molecule has 0 heterocycles. The van der Waals surface area contributed by atoms with E-state index in [9.17, 15) is 18.4 Å². The first-order chi connectivity index (χ1) is 10.0. The van der Waals surface area contributed by atoms with E-state index in [0.29, 0.717) is 12.1 Å². The van der Waals surface area contributed by atoms with Gasteiger partial charge in [0.1, 0.15) is 5.82 Å². The molecule has 0 aliphatic heterocycles. The molecule has 2 amide bonds. The summed E-state index contributed by atoms with van der Waals surface area (Å²) in [6.45, 7) is 1.95. The highest BCUT2D eigenvalue weighted by atomic mass is 19.1. The number of rotatable bonds is 7. The van der Waals surface area contributed by atoms with Crippen molar-refractivity contribution in [3.63, 3.8) is 0 Å². The highest BCUT2D eigenvalue weighted by Gasteiger charge is 2.17. The third-order valence-electron chi connectivity index (χ3n) is 2.56. The summed E-state index contributed by atoms with van der Waals surface area (Å²) in [6.07, 6.45) is -1.39. The average Bonchev–Trinajstić information content (AvgIpc) is 2.46. The van der Waals surface area contributed by atoms with Gasteiger partial charge in [0.15, 0.2) is 6.17 Å². The number of halogens is 2. The van der Waals surface area contributed by atoms with Crippen LogP contribution in [0, 0.1) is 5.82 Å². The molecule has 1 rings (SSSR count). The fourth-order valence-corrected chi connectivity index (χ4v) is 1.54. The van der Waals surface area contributed by atoms with Gasteiger partial charge in [0.2, 0.25) is 0 Å². The summed E-state index contributed by atoms with van der Waals surface area (Å²) in [5.74, 6) is -1.28. The van der Waals surface area contributed by atoms with Crippen LogP contribution < -0.4 is 10.6 Å². The minimum atomic E-state index is -1.67. The number of anilines is 1. The molecule has 1 unspecified atom stereocenters. The van der Waals surface area contributed by atoms with Crippen molar-refractivity contribution in [3.8, 4) is 0 Å². The van der Waals surface area contributed by atoms with Crippen LogP contribution in [0.15, 0.2) is 24.3 Å². The van der Waals surface area contributed by atoms with E-state index in [0.717, 1.165) is 0 Å². The van der Waals surface area contributed by atoms with E-state index in [1.165, 1.54) is 24.3 Å². The molecule has 0 fully saturated rings. The molecule has 0 saturated heterocycles. The Hall–Kier alpha value is -2.18. The number of urea groups is 1. The topological polar surface area (TPSA) is 67.4 Å². The summed E-state index contributed by atoms with van der Waals surface area (Å²) in [7, 11) is 0. The minimum Gasteiger partial charge on any atom is -0.464 e. The molecule has 2 N–H and O–H groups in total. The molecule has 0 aromatic heterocycles. The van der Waals surface area contributed by atoms with Gasteiger partial charge in [-0.15, -0.1) is 0 Å². The predicted octanol–water partition coefficient (Wildman–Crippen LogP) is 2.63. The predicted molar refractivity (Wildman–Crippen MR) is 74.2 cm³/mol. The molecule has 5 nitrogen and oxygen atoms in total. The molecule has 0 bridgehead atoms. The van der Waals surface area contributed by atoms with Gasteiger partial charge >= 0.3 is 12.0 Å². The normalized spacial score (nSPS) is 11.6. The first kappa shape index (κ1) is 16.9. The number of carbonyl (C=O) groups excluding carboxylic acids is 2. The van der Waals surface area contributed by atoms with E-state index in [4.69, 9.17) is 0 Å². The van der Waals surface area contributed by atoms with Crippen LogP contribution in [-0.4, -0.2) is 31.3 Å². The minimum absolute atomic E-state index is 0.0182. The molecule has 116 valence electrons. The average molecular weight is 300 g/mol. The number of amides is 2. The molecule has 1 aromatic carbocycles. The summed E-state index contributed by atoms with van der Waals surface area (Å²) in [4.78, 5) is 22.5. The van der Waals surface area contributed by atoms with Gasteiger partial charge in [0.05, 0.1) is 6.61 Å². The van der Waals surface area contributed by atoms with Crippen molar-refractivity contribution in [2.45, 2.75) is 25.9 Å². The maximum atomic E-state index is 13.3. The quantitative estimate of drug-likeness (QED) is 0.601. The van der Waals surface area contributed by atoms with Gasteiger partial charge in [-0.3, -0.25) is 0 Å². The largest absolute Gasteiger partial charge is 0.464 e. The van der Waals surface area contributed by atoms with Crippen LogP contribution in [0.3, 0.4) is 0 Å². The number of esters is 1. The van der Waals surface area contributed by atoms with Crippen LogP contribution in [0.25, 0.3) is 0 Å². The molecule has 0 saturated carbocycles. The third kappa shape index (κ3) is 6.69. The Kier molecular flexibility index (Phi) is 7.14. The van der Waals surface area contributed by atoms with Gasteiger partial charge in [0, 0.05) is 12.2 Å². The van der Waals surface area contributed by atoms with E-state index in [-0.39, 0.29) is 19.6 Å². The number of carbonyl (C=O) groups is 2. The van der Waals surface area contributed by atoms with E-state index in [2.05, 4.69) is 15.4 Å². The smallest absolute Gasteiger partial charge is 0.340 e. The van der Waals surface area contributed by atoms with E-state index in [1.807, 2.05) is 0 Å². The number of hydrogen-bond acceptors (Lipinski definition) is 3. The number of ether oxygens (including phenoxy) is 1. The second kappa shape index (κ2) is 8.89. The first-order valence-corrected chi connectivity index (χ1v) is 6.64. The monoisotopic (exact) mass is 300 g/mol. The van der Waals surface area contributed by atoms with Gasteiger partial charge in [-0.1, -0.05) is 0 Å². The fraction of sp³-hybridized carbons (Fsp3) is 0.429. The lowest BCUT2D eigenvalue weighted by Gasteiger charge is -2.09. The van der Waals surface area contributed by atoms with Crippen LogP contribution in [0.5, 0.6) is 0 Å². The molecule has 1 aromatic rings. The molecular formula is C14H18F2N2O3. The number of hydrogen-bond donors (Lipinski definition) is 2. The maximum Gasteiger partial charge on any atom is 0.340 e. The van der Waals surface area contributed by atoms with E-state index >= 15 is 0 Å². The van der Waals surface area contributed by atoms with Crippen LogP contribution in [0.1, 0.15) is 19.8 Å². The number of alkyl halides is 1. The molecule has 0 aliphatic rings. The lowest BCUT2D eigenvalue weighted by Crippen LogP contribution is -2.30. The fourth-order valence-electron chi connectivity index (χ4n) is 1.54. The molecule has 0 radical (unpaired) electrons. The summed E-state index contributed by atoms with van der Waals surface area (Å²) < 4.78 is 30.4. The van der Waals surface area contributed by atoms with Crippen molar-refractivity contribution in [3.05, 3.63) is 30.1 Å². The van der Waals surface area contributed by atoms with Gasteiger partial charge in [0.25, 0.3) is 0 Å². The molecule has 0 spiro atoms. The first-order valence-electron chi connectivity index (χ1n) is 6.64. The summed E-state index contributed by atoms with van der Waals surface area (Å²) in [5, 5.41) is 5.01. The second-order valence-electron chi connectivity index (χ2n) is 4.25. The number of benzene rings is 1. The van der Waals surface area contributed by atoms with Crippen molar-refractivity contribution in [1.29, 1.82) is 0 Å². The van der Waals surface area contributed by atoms with Gasteiger partial charge in [-0.25, -0.2) is 18.4 Å². The molecule has 21 heavy (non-hydrogen) atoms. The van der Waals surface area contributed by atoms with Crippen molar-refractivity contribution < 1.29 is 23.1 Å². The molecular weight excluding hydrogens is 282 g/mol. The summed E-state index contributed by atoms with van der Waals surface area (Å²) >= 11 is 0. The Balaban J connectivity index is 2.19. The zero-order valence-electron chi connectivity index (χ0n) is 11.7. The highest BCUT2D eigenvalue weighted by molar-refractivity contribution is 5.89. The Morgan fingerprint density at radius 3 is 2.57 bits per heavy atom. The third-order valence-corrected chi connectivity index (χ3v) is 2.56. The van der Waals surface area contributed by atoms with Crippen molar-refractivity contribution in [2.75, 3.05) is 18.5 Å². The van der Waals surface area contributed by atoms with Crippen LogP contribution in [0.4, 0.5) is 19.3 Å². The maximum absolute atomic E-state index is 13.3. The van der Waals surface area contributed by atoms with Crippen LogP contribution in [-0.2, 0) is 9.53 Å². The second-order valence-corrected chi connectivity index (χ2v) is 4.25. The summed E-state index contributed by atoms with van der Waals surface area (Å²) in [5.41, 5.74) is 0.448. The van der Waals surface area contributed by atoms with E-state index in [1.54, 1.807) is 6.92 Å². The van der Waals surface area contributed by atoms with Gasteiger partial charge in [-0.2, -0.15) is 0 Å². The van der Waals surface area contributed by atoms with Crippen molar-refractivity contribution >= 4 is 17.7 Å². The molecule has 7 heteroatoms. The highest BCUT2D eigenvalue weighted by Crippen LogP contribution is 2.08. The molecule has 0 aliphatic carbocycles. The van der Waals surface area contributed by atoms with Crippen molar-refractivity contribution in [1.82, 2.24) is 5.32 Å². The van der Waals surface area contributed by atoms with Crippen molar-refractivity contribution in [2.24, 2.45) is 0 Å². The van der Waals surface area contributed by atoms with Gasteiger partial charge in [-0.05, 0) is 44.0 Å². The molecule has 1 atom stereocenters. The van der Waals surface area contributed by atoms with E-state index < -0.39 is 24.0 Å². The van der Waals surface area contributed by atoms with Gasteiger partial charge < -0.3 is 15.4 Å². The Bertz CT molecular complexity index is 466. The summed E-state index contributed by atoms with van der Waals surface area (Å²) in [6, 6.07) is 4.82. The Labute approximate surface area is 121 Å². The number of nitrogens with one attached hydrogen (secondary N) is 2. The Morgan fingerprint density at radius 1 is 1.29 bits per heavy atom. The lowest BCUT2D eigenvalue weighted by atomic mass is 10.2.